The molecule has 0 aliphatic heterocycles. The summed E-state index contributed by atoms with van der Waals surface area (Å²) >= 11 is 4.15. The van der Waals surface area contributed by atoms with Crippen LogP contribution in [0.3, 0.4) is 0 Å². The van der Waals surface area contributed by atoms with Crippen molar-refractivity contribution in [2.45, 2.75) is 37.0 Å². The SMILES string of the molecule is CCC(SS)(C(=O)O)c1nccn1C1Cc2ccc(F)c(F)c2C1.Cl. The lowest BCUT2D eigenvalue weighted by Crippen LogP contribution is -2.35. The average Bonchev–Trinajstić information content (AvgIpc) is 3.19. The van der Waals surface area contributed by atoms with Crippen molar-refractivity contribution in [3.8, 4) is 0 Å². The van der Waals surface area contributed by atoms with Crippen molar-refractivity contribution in [3.63, 3.8) is 0 Å². The van der Waals surface area contributed by atoms with Crippen molar-refractivity contribution in [1.29, 1.82) is 0 Å². The van der Waals surface area contributed by atoms with Crippen LogP contribution in [0.1, 0.15) is 36.3 Å². The standard InChI is InChI=1S/C16H16F2N2O2S2.ClH/c1-2-16(24-23,15(21)22)14-19-5-6-20(14)10-7-9-3-4-12(17)13(18)11(9)8-10;/h3-6,10,23H,2,7-8H2,1H3,(H,21,22);1H. The van der Waals surface area contributed by atoms with E-state index in [4.69, 9.17) is 0 Å². The Labute approximate surface area is 159 Å². The molecule has 3 rings (SSSR count). The zero-order valence-corrected chi connectivity index (χ0v) is 15.8. The molecule has 0 saturated carbocycles. The summed E-state index contributed by atoms with van der Waals surface area (Å²) in [5, 5.41) is 9.68. The van der Waals surface area contributed by atoms with Crippen molar-refractivity contribution in [2.75, 3.05) is 0 Å². The third-order valence-electron chi connectivity index (χ3n) is 4.61. The van der Waals surface area contributed by atoms with Gasteiger partial charge in [0, 0.05) is 18.4 Å². The van der Waals surface area contributed by atoms with Crippen LogP contribution in [0.5, 0.6) is 0 Å². The Balaban J connectivity index is 0.00000225. The molecule has 1 aliphatic rings. The van der Waals surface area contributed by atoms with Gasteiger partial charge in [-0.15, -0.1) is 24.1 Å². The number of carbonyl (C=O) groups is 1. The third-order valence-corrected chi connectivity index (χ3v) is 6.50. The number of hydrogen-bond donors (Lipinski definition) is 2. The van der Waals surface area contributed by atoms with Crippen LogP contribution in [-0.4, -0.2) is 20.6 Å². The molecule has 2 atom stereocenters. The Morgan fingerprint density at radius 1 is 1.48 bits per heavy atom. The van der Waals surface area contributed by atoms with E-state index in [0.717, 1.165) is 22.4 Å². The number of thiol groups is 1. The maximum Gasteiger partial charge on any atom is 0.328 e. The Hall–Kier alpha value is -1.25. The highest BCUT2D eigenvalue weighted by Gasteiger charge is 2.44. The first-order valence-electron chi connectivity index (χ1n) is 7.49. The molecule has 1 aliphatic carbocycles. The predicted molar refractivity (Wildman–Crippen MR) is 98.5 cm³/mol. The molecule has 0 fully saturated rings. The summed E-state index contributed by atoms with van der Waals surface area (Å²) in [6.07, 6.45) is 4.34. The summed E-state index contributed by atoms with van der Waals surface area (Å²) in [5.74, 6) is -2.33. The number of aliphatic carboxylic acids is 1. The van der Waals surface area contributed by atoms with E-state index in [1.54, 1.807) is 23.8 Å². The van der Waals surface area contributed by atoms with E-state index >= 15 is 0 Å². The van der Waals surface area contributed by atoms with Gasteiger partial charge in [-0.1, -0.05) is 23.8 Å². The average molecular weight is 407 g/mol. The second-order valence-corrected chi connectivity index (χ2v) is 7.22. The van der Waals surface area contributed by atoms with Crippen LogP contribution < -0.4 is 0 Å². The van der Waals surface area contributed by atoms with Crippen molar-refractivity contribution < 1.29 is 18.7 Å². The molecule has 0 saturated heterocycles. The summed E-state index contributed by atoms with van der Waals surface area (Å²) in [6, 6.07) is 2.52. The summed E-state index contributed by atoms with van der Waals surface area (Å²) in [6.45, 7) is 1.76. The highest BCUT2D eigenvalue weighted by Crippen LogP contribution is 2.43. The molecule has 2 aromatic rings. The Morgan fingerprint density at radius 2 is 2.20 bits per heavy atom. The van der Waals surface area contributed by atoms with E-state index in [1.807, 2.05) is 0 Å². The molecule has 1 N–H and O–H groups in total. The summed E-state index contributed by atoms with van der Waals surface area (Å²) in [5.41, 5.74) is 1.10. The quantitative estimate of drug-likeness (QED) is 0.577. The van der Waals surface area contributed by atoms with Gasteiger partial charge in [0.2, 0.25) is 0 Å². The third kappa shape index (κ3) is 3.15. The van der Waals surface area contributed by atoms with Crippen LogP contribution in [0.25, 0.3) is 0 Å². The van der Waals surface area contributed by atoms with Crippen molar-refractivity contribution >= 4 is 40.8 Å². The molecule has 1 aromatic carbocycles. The lowest BCUT2D eigenvalue weighted by molar-refractivity contribution is -0.140. The van der Waals surface area contributed by atoms with E-state index in [2.05, 4.69) is 16.6 Å². The molecule has 1 aromatic heterocycles. The number of hydrogen-bond acceptors (Lipinski definition) is 4. The number of rotatable bonds is 5. The summed E-state index contributed by atoms with van der Waals surface area (Å²) < 4.78 is 27.9. The van der Waals surface area contributed by atoms with Crippen LogP contribution in [0.15, 0.2) is 24.5 Å². The predicted octanol–water partition coefficient (Wildman–Crippen LogP) is 4.19. The topological polar surface area (TPSA) is 55.1 Å². The minimum atomic E-state index is -1.29. The lowest BCUT2D eigenvalue weighted by atomic mass is 10.0. The molecular weight excluding hydrogens is 390 g/mol. The van der Waals surface area contributed by atoms with Crippen LogP contribution in [0.4, 0.5) is 8.78 Å². The van der Waals surface area contributed by atoms with Gasteiger partial charge in [-0.3, -0.25) is 4.79 Å². The molecule has 0 amide bonds. The number of benzene rings is 1. The van der Waals surface area contributed by atoms with Gasteiger partial charge in [-0.05, 0) is 36.5 Å². The first-order valence-corrected chi connectivity index (χ1v) is 9.36. The second kappa shape index (κ2) is 7.55. The smallest absolute Gasteiger partial charge is 0.328 e. The highest BCUT2D eigenvalue weighted by atomic mass is 35.5. The molecule has 4 nitrogen and oxygen atoms in total. The first kappa shape index (κ1) is 20.1. The minimum absolute atomic E-state index is 0. The fourth-order valence-corrected chi connectivity index (χ4v) is 4.59. The van der Waals surface area contributed by atoms with Gasteiger partial charge in [0.1, 0.15) is 5.82 Å². The molecule has 0 bridgehead atoms. The minimum Gasteiger partial charge on any atom is -0.480 e. The van der Waals surface area contributed by atoms with Gasteiger partial charge in [0.25, 0.3) is 0 Å². The maximum absolute atomic E-state index is 14.0. The van der Waals surface area contributed by atoms with E-state index in [9.17, 15) is 18.7 Å². The number of halogens is 3. The molecule has 2 unspecified atom stereocenters. The molecule has 25 heavy (non-hydrogen) atoms. The van der Waals surface area contributed by atoms with Gasteiger partial charge in [0.05, 0.1) is 0 Å². The fraction of sp³-hybridized carbons (Fsp3) is 0.375. The normalized spacial score (nSPS) is 18.3. The number of carboxylic acid groups (broad SMARTS) is 1. The molecule has 9 heteroatoms. The van der Waals surface area contributed by atoms with E-state index in [1.165, 1.54) is 6.20 Å². The monoisotopic (exact) mass is 406 g/mol. The molecule has 0 spiro atoms. The largest absolute Gasteiger partial charge is 0.480 e. The van der Waals surface area contributed by atoms with Gasteiger partial charge < -0.3 is 9.67 Å². The first-order chi connectivity index (χ1) is 11.4. The summed E-state index contributed by atoms with van der Waals surface area (Å²) in [7, 11) is 0.923. The Kier molecular flexibility index (Phi) is 6.06. The van der Waals surface area contributed by atoms with Crippen LogP contribution >= 0.6 is 34.9 Å². The van der Waals surface area contributed by atoms with E-state index < -0.39 is 22.4 Å². The summed E-state index contributed by atoms with van der Waals surface area (Å²) in [4.78, 5) is 16.1. The number of imidazole rings is 1. The van der Waals surface area contributed by atoms with Gasteiger partial charge >= 0.3 is 5.97 Å². The highest BCUT2D eigenvalue weighted by molar-refractivity contribution is 8.69. The lowest BCUT2D eigenvalue weighted by Gasteiger charge is -2.27. The number of nitrogens with zero attached hydrogens (tertiary/aromatic N) is 2. The van der Waals surface area contributed by atoms with Crippen molar-refractivity contribution in [3.05, 3.63) is 53.1 Å². The van der Waals surface area contributed by atoms with Crippen LogP contribution in [-0.2, 0) is 22.4 Å². The molecule has 1 heterocycles. The number of aromatic nitrogens is 2. The van der Waals surface area contributed by atoms with Gasteiger partial charge in [-0.25, -0.2) is 13.8 Å². The van der Waals surface area contributed by atoms with E-state index in [-0.39, 0.29) is 18.4 Å². The number of fused-ring (bicyclic) bond motifs is 1. The van der Waals surface area contributed by atoms with Gasteiger partial charge in [0.15, 0.2) is 16.4 Å². The second-order valence-electron chi connectivity index (χ2n) is 5.80. The Bertz CT molecular complexity index is 796. The molecule has 136 valence electrons. The zero-order valence-electron chi connectivity index (χ0n) is 13.3. The van der Waals surface area contributed by atoms with Crippen LogP contribution in [0.2, 0.25) is 0 Å². The van der Waals surface area contributed by atoms with Crippen LogP contribution in [0, 0.1) is 11.6 Å². The maximum atomic E-state index is 14.0. The fourth-order valence-electron chi connectivity index (χ4n) is 3.27. The zero-order chi connectivity index (χ0) is 17.5. The molecule has 0 radical (unpaired) electrons. The Morgan fingerprint density at radius 3 is 2.80 bits per heavy atom. The molecular formula is C16H17ClF2N2O2S2. The van der Waals surface area contributed by atoms with Crippen molar-refractivity contribution in [2.24, 2.45) is 0 Å². The van der Waals surface area contributed by atoms with Gasteiger partial charge in [-0.2, -0.15) is 0 Å². The number of carboxylic acids is 1. The van der Waals surface area contributed by atoms with E-state index in [0.29, 0.717) is 30.7 Å². The van der Waals surface area contributed by atoms with Crippen molar-refractivity contribution in [1.82, 2.24) is 9.55 Å².